The van der Waals surface area contributed by atoms with Gasteiger partial charge in [0.1, 0.15) is 4.32 Å². The van der Waals surface area contributed by atoms with Crippen molar-refractivity contribution < 1.29 is 0 Å². The van der Waals surface area contributed by atoms with Crippen molar-refractivity contribution in [2.24, 2.45) is 10.4 Å². The average molecular weight is 311 g/mol. The predicted octanol–water partition coefficient (Wildman–Crippen LogP) is 4.40. The van der Waals surface area contributed by atoms with Gasteiger partial charge in [-0.25, -0.2) is 4.99 Å². The van der Waals surface area contributed by atoms with Crippen molar-refractivity contribution >= 4 is 50.9 Å². The van der Waals surface area contributed by atoms with E-state index in [0.29, 0.717) is 0 Å². The molecule has 2 nitrogen and oxygen atoms in total. The van der Waals surface area contributed by atoms with Gasteiger partial charge in [0.15, 0.2) is 5.17 Å². The standard InChI is InChI=1S/C14H18N2S3/c1-14(2)9-16(13(17)18-3)12(19-10-14)15-11-7-5-4-6-8-11/h4-8H,9-10H2,1-3H3. The highest BCUT2D eigenvalue weighted by Crippen LogP contribution is 2.33. The number of para-hydroxylation sites is 1. The summed E-state index contributed by atoms with van der Waals surface area (Å²) in [7, 11) is 0. The number of nitrogens with zero attached hydrogens (tertiary/aromatic N) is 2. The van der Waals surface area contributed by atoms with Crippen LogP contribution in [0, 0.1) is 5.41 Å². The molecule has 1 fully saturated rings. The van der Waals surface area contributed by atoms with E-state index in [4.69, 9.17) is 17.2 Å². The fourth-order valence-corrected chi connectivity index (χ4v) is 3.57. The maximum absolute atomic E-state index is 5.47. The Bertz CT molecular complexity index is 483. The second-order valence-corrected chi connectivity index (χ2v) is 7.62. The Balaban J connectivity index is 2.27. The van der Waals surface area contributed by atoms with Crippen LogP contribution in [-0.2, 0) is 0 Å². The van der Waals surface area contributed by atoms with E-state index in [9.17, 15) is 0 Å². The maximum atomic E-state index is 5.47. The molecule has 1 aromatic carbocycles. The monoisotopic (exact) mass is 310 g/mol. The van der Waals surface area contributed by atoms with E-state index in [1.54, 1.807) is 23.5 Å². The van der Waals surface area contributed by atoms with Gasteiger partial charge in [-0.1, -0.05) is 67.8 Å². The Morgan fingerprint density at radius 3 is 2.68 bits per heavy atom. The third-order valence-electron chi connectivity index (χ3n) is 2.78. The van der Waals surface area contributed by atoms with Crippen LogP contribution in [0.1, 0.15) is 13.8 Å². The molecule has 0 aromatic heterocycles. The van der Waals surface area contributed by atoms with Gasteiger partial charge in [-0.15, -0.1) is 0 Å². The SMILES string of the molecule is CSC(=S)N1CC(C)(C)CSC1=Nc1ccccc1. The highest BCUT2D eigenvalue weighted by molar-refractivity contribution is 8.23. The van der Waals surface area contributed by atoms with Crippen LogP contribution in [0.25, 0.3) is 0 Å². The number of rotatable bonds is 1. The van der Waals surface area contributed by atoms with Crippen molar-refractivity contribution in [3.05, 3.63) is 30.3 Å². The molecule has 0 spiro atoms. The van der Waals surface area contributed by atoms with Crippen LogP contribution >= 0.6 is 35.7 Å². The van der Waals surface area contributed by atoms with Gasteiger partial charge in [-0.3, -0.25) is 0 Å². The van der Waals surface area contributed by atoms with Gasteiger partial charge < -0.3 is 4.90 Å². The van der Waals surface area contributed by atoms with Gasteiger partial charge in [0.25, 0.3) is 0 Å². The smallest absolute Gasteiger partial charge is 0.169 e. The lowest BCUT2D eigenvalue weighted by Crippen LogP contribution is -2.45. The third-order valence-corrected chi connectivity index (χ3v) is 5.57. The highest BCUT2D eigenvalue weighted by atomic mass is 32.2. The number of aliphatic imine (C=N–C) groups is 1. The summed E-state index contributed by atoms with van der Waals surface area (Å²) in [5.41, 5.74) is 1.25. The molecule has 19 heavy (non-hydrogen) atoms. The molecule has 1 aliphatic rings. The summed E-state index contributed by atoms with van der Waals surface area (Å²) >= 11 is 8.87. The van der Waals surface area contributed by atoms with Crippen molar-refractivity contribution in [3.8, 4) is 0 Å². The molecule has 2 rings (SSSR count). The number of hydrogen-bond donors (Lipinski definition) is 0. The quantitative estimate of drug-likeness (QED) is 0.714. The Hall–Kier alpha value is -0.520. The molecule has 102 valence electrons. The minimum atomic E-state index is 0.264. The normalized spacial score (nSPS) is 20.6. The van der Waals surface area contributed by atoms with E-state index in [1.807, 2.05) is 36.6 Å². The van der Waals surface area contributed by atoms with Gasteiger partial charge >= 0.3 is 0 Å². The Morgan fingerprint density at radius 2 is 2.05 bits per heavy atom. The first-order valence-corrected chi connectivity index (χ1v) is 8.76. The van der Waals surface area contributed by atoms with Crippen molar-refractivity contribution in [1.82, 2.24) is 4.90 Å². The lowest BCUT2D eigenvalue weighted by molar-refractivity contribution is 0.348. The molecular weight excluding hydrogens is 292 g/mol. The van der Waals surface area contributed by atoms with Crippen LogP contribution < -0.4 is 0 Å². The van der Waals surface area contributed by atoms with Crippen LogP contribution in [0.3, 0.4) is 0 Å². The molecular formula is C14H18N2S3. The first-order valence-electron chi connectivity index (χ1n) is 6.14. The first kappa shape index (κ1) is 14.9. The first-order chi connectivity index (χ1) is 9.02. The molecule has 1 heterocycles. The lowest BCUT2D eigenvalue weighted by atomic mass is 9.96. The zero-order valence-corrected chi connectivity index (χ0v) is 13.9. The van der Waals surface area contributed by atoms with E-state index < -0.39 is 0 Å². The zero-order valence-electron chi connectivity index (χ0n) is 11.4. The molecule has 0 atom stereocenters. The fraction of sp³-hybridized carbons (Fsp3) is 0.429. The summed E-state index contributed by atoms with van der Waals surface area (Å²) in [5, 5.41) is 1.02. The Labute approximate surface area is 129 Å². The molecule has 0 radical (unpaired) electrons. The van der Waals surface area contributed by atoms with Gasteiger partial charge in [-0.2, -0.15) is 0 Å². The zero-order chi connectivity index (χ0) is 13.9. The molecule has 1 saturated heterocycles. The molecule has 0 aliphatic carbocycles. The summed E-state index contributed by atoms with van der Waals surface area (Å²) in [5.74, 6) is 1.08. The molecule has 0 saturated carbocycles. The Kier molecular flexibility index (Phi) is 4.92. The van der Waals surface area contributed by atoms with Crippen molar-refractivity contribution in [1.29, 1.82) is 0 Å². The number of benzene rings is 1. The maximum Gasteiger partial charge on any atom is 0.169 e. The summed E-state index contributed by atoms with van der Waals surface area (Å²) in [6.07, 6.45) is 2.02. The fourth-order valence-electron chi connectivity index (χ4n) is 1.84. The molecule has 0 N–H and O–H groups in total. The molecule has 0 bridgehead atoms. The topological polar surface area (TPSA) is 15.6 Å². The minimum absolute atomic E-state index is 0.264. The molecule has 0 unspecified atom stereocenters. The number of thiocarbonyl (C=S) groups is 1. The third kappa shape index (κ3) is 3.97. The number of thioether (sulfide) groups is 2. The van der Waals surface area contributed by atoms with Crippen molar-refractivity contribution in [2.75, 3.05) is 18.6 Å². The number of amidine groups is 1. The summed E-state index contributed by atoms with van der Waals surface area (Å²) < 4.78 is 0.898. The average Bonchev–Trinajstić information content (AvgIpc) is 2.41. The summed E-state index contributed by atoms with van der Waals surface area (Å²) in [6, 6.07) is 10.1. The predicted molar refractivity (Wildman–Crippen MR) is 92.6 cm³/mol. The Morgan fingerprint density at radius 1 is 1.37 bits per heavy atom. The van der Waals surface area contributed by atoms with Gasteiger partial charge in [-0.05, 0) is 23.8 Å². The van der Waals surface area contributed by atoms with Crippen molar-refractivity contribution in [2.45, 2.75) is 13.8 Å². The van der Waals surface area contributed by atoms with Crippen LogP contribution in [-0.4, -0.2) is 32.9 Å². The summed E-state index contributed by atoms with van der Waals surface area (Å²) in [6.45, 7) is 5.48. The summed E-state index contributed by atoms with van der Waals surface area (Å²) in [4.78, 5) is 6.91. The minimum Gasteiger partial charge on any atom is -0.306 e. The second-order valence-electron chi connectivity index (χ2n) is 5.24. The van der Waals surface area contributed by atoms with Crippen molar-refractivity contribution in [3.63, 3.8) is 0 Å². The van der Waals surface area contributed by atoms with Gasteiger partial charge in [0.2, 0.25) is 0 Å². The van der Waals surface area contributed by atoms with E-state index in [1.165, 1.54) is 0 Å². The van der Waals surface area contributed by atoms with Crippen LogP contribution in [0.5, 0.6) is 0 Å². The lowest BCUT2D eigenvalue weighted by Gasteiger charge is -2.38. The largest absolute Gasteiger partial charge is 0.306 e. The van der Waals surface area contributed by atoms with Gasteiger partial charge in [0.05, 0.1) is 5.69 Å². The molecule has 1 aromatic rings. The van der Waals surface area contributed by atoms with Crippen LogP contribution in [0.15, 0.2) is 35.3 Å². The molecule has 5 heteroatoms. The van der Waals surface area contributed by atoms with E-state index in [0.717, 1.165) is 27.5 Å². The van der Waals surface area contributed by atoms with E-state index in [2.05, 4.69) is 18.7 Å². The number of hydrogen-bond acceptors (Lipinski definition) is 4. The van der Waals surface area contributed by atoms with Crippen LogP contribution in [0.2, 0.25) is 0 Å². The molecule has 0 amide bonds. The van der Waals surface area contributed by atoms with E-state index >= 15 is 0 Å². The highest BCUT2D eigenvalue weighted by Gasteiger charge is 2.32. The molecule has 1 aliphatic heterocycles. The second kappa shape index (κ2) is 6.29. The van der Waals surface area contributed by atoms with Gasteiger partial charge in [0, 0.05) is 12.3 Å². The van der Waals surface area contributed by atoms with E-state index in [-0.39, 0.29) is 5.41 Å². The van der Waals surface area contributed by atoms with Crippen LogP contribution in [0.4, 0.5) is 5.69 Å².